The lowest BCUT2D eigenvalue weighted by Crippen LogP contribution is -2.39. The van der Waals surface area contributed by atoms with Crippen LogP contribution in [0.2, 0.25) is 0 Å². The number of carbonyl (C=O) groups is 3. The summed E-state index contributed by atoms with van der Waals surface area (Å²) >= 11 is 0. The molecule has 12 heteroatoms. The summed E-state index contributed by atoms with van der Waals surface area (Å²) < 4.78 is 33.7. The maximum atomic E-state index is 13.4. The van der Waals surface area contributed by atoms with Gasteiger partial charge in [0.2, 0.25) is 0 Å². The van der Waals surface area contributed by atoms with Gasteiger partial charge < -0.3 is 19.3 Å². The molecule has 0 aliphatic carbocycles. The van der Waals surface area contributed by atoms with Gasteiger partial charge >= 0.3 is 12.1 Å². The predicted octanol–water partition coefficient (Wildman–Crippen LogP) is 4.65. The smallest absolute Gasteiger partial charge is 0.475 e. The molecule has 1 unspecified atom stereocenters. The third kappa shape index (κ3) is 7.07. The molecule has 3 aromatic heterocycles. The van der Waals surface area contributed by atoms with Crippen molar-refractivity contribution < 1.29 is 32.7 Å². The monoisotopic (exact) mass is 567 g/mol. The second kappa shape index (κ2) is 12.6. The summed E-state index contributed by atoms with van der Waals surface area (Å²) in [6.07, 6.45) is 0.409. The summed E-state index contributed by atoms with van der Waals surface area (Å²) in [5.74, 6) is -1.98. The first kappa shape index (κ1) is 29.2. The second-order valence-corrected chi connectivity index (χ2v) is 9.52. The molecule has 0 spiro atoms. The van der Waals surface area contributed by atoms with E-state index in [0.717, 1.165) is 36.4 Å². The van der Waals surface area contributed by atoms with E-state index in [4.69, 9.17) is 14.9 Å². The van der Waals surface area contributed by atoms with E-state index in [0.29, 0.717) is 24.3 Å². The van der Waals surface area contributed by atoms with E-state index in [1.807, 2.05) is 82.2 Å². The summed E-state index contributed by atoms with van der Waals surface area (Å²) in [7, 11) is 1.77. The van der Waals surface area contributed by atoms with Gasteiger partial charge in [0.05, 0.1) is 17.8 Å². The molecule has 1 fully saturated rings. The van der Waals surface area contributed by atoms with Crippen molar-refractivity contribution in [2.45, 2.75) is 31.5 Å². The number of halogens is 3. The molecule has 0 bridgehead atoms. The van der Waals surface area contributed by atoms with E-state index >= 15 is 0 Å². The van der Waals surface area contributed by atoms with E-state index in [2.05, 4.69) is 4.98 Å². The zero-order chi connectivity index (χ0) is 29.6. The Bertz CT molecular complexity index is 1510. The molecule has 1 N–H and O–H groups in total. The van der Waals surface area contributed by atoms with Crippen molar-refractivity contribution in [3.63, 3.8) is 0 Å². The van der Waals surface area contributed by atoms with Crippen molar-refractivity contribution in [3.05, 3.63) is 102 Å². The number of carbonyl (C=O) groups excluding carboxylic acids is 2. The van der Waals surface area contributed by atoms with E-state index < -0.39 is 12.1 Å². The molecule has 2 amide bonds. The standard InChI is InChI=1S/C27H27N5O2.C2HF3O2/c1-30(19-22-13-5-7-15-28-22)27(34)24-23-14-6-8-17-32(23)25(29-24)21-12-9-16-31(18-21)26(33)20-10-3-2-4-11-20;3-2(4,5)1(6)7/h2-8,10-11,13-15,17,21H,9,12,16,18-19H2,1H3;(H,6,7). The minimum Gasteiger partial charge on any atom is -0.475 e. The number of pyridine rings is 2. The van der Waals surface area contributed by atoms with Gasteiger partial charge in [0.15, 0.2) is 5.69 Å². The second-order valence-electron chi connectivity index (χ2n) is 9.52. The number of aliphatic carboxylic acids is 1. The molecule has 1 aliphatic rings. The van der Waals surface area contributed by atoms with Gasteiger partial charge in [-0.2, -0.15) is 13.2 Å². The number of amides is 2. The van der Waals surface area contributed by atoms with E-state index in [9.17, 15) is 22.8 Å². The van der Waals surface area contributed by atoms with Gasteiger partial charge in [-0.05, 0) is 49.2 Å². The number of carboxylic acids is 1. The molecular weight excluding hydrogens is 539 g/mol. The summed E-state index contributed by atoms with van der Waals surface area (Å²) in [6.45, 7) is 1.72. The van der Waals surface area contributed by atoms with Crippen LogP contribution in [0.15, 0.2) is 79.1 Å². The van der Waals surface area contributed by atoms with Gasteiger partial charge in [-0.25, -0.2) is 9.78 Å². The van der Waals surface area contributed by atoms with Crippen LogP contribution in [0.5, 0.6) is 0 Å². The zero-order valence-electron chi connectivity index (χ0n) is 22.2. The highest BCUT2D eigenvalue weighted by Crippen LogP contribution is 2.29. The number of rotatable bonds is 5. The van der Waals surface area contributed by atoms with Crippen LogP contribution in [0.1, 0.15) is 51.1 Å². The molecule has 9 nitrogen and oxygen atoms in total. The van der Waals surface area contributed by atoms with Crippen LogP contribution in [0, 0.1) is 0 Å². The van der Waals surface area contributed by atoms with Crippen LogP contribution in [-0.4, -0.2) is 73.4 Å². The maximum absolute atomic E-state index is 13.4. The average Bonchev–Trinajstić information content (AvgIpc) is 3.37. The van der Waals surface area contributed by atoms with Crippen LogP contribution in [-0.2, 0) is 11.3 Å². The molecule has 1 saturated heterocycles. The number of likely N-dealkylation sites (tertiary alicyclic amines) is 1. The molecule has 5 rings (SSSR count). The fourth-order valence-electron chi connectivity index (χ4n) is 4.63. The number of piperidine rings is 1. The van der Waals surface area contributed by atoms with Gasteiger partial charge in [0, 0.05) is 44.0 Å². The third-order valence-electron chi connectivity index (χ3n) is 6.59. The number of hydrogen-bond acceptors (Lipinski definition) is 5. The Kier molecular flexibility index (Phi) is 9.00. The minimum absolute atomic E-state index is 0.0394. The third-order valence-corrected chi connectivity index (χ3v) is 6.59. The lowest BCUT2D eigenvalue weighted by atomic mass is 9.96. The lowest BCUT2D eigenvalue weighted by molar-refractivity contribution is -0.192. The number of carboxylic acid groups (broad SMARTS) is 1. The van der Waals surface area contributed by atoms with Gasteiger partial charge in [-0.15, -0.1) is 0 Å². The molecule has 1 aromatic carbocycles. The largest absolute Gasteiger partial charge is 0.490 e. The van der Waals surface area contributed by atoms with Crippen LogP contribution in [0.3, 0.4) is 0 Å². The number of nitrogens with zero attached hydrogens (tertiary/aromatic N) is 5. The Hall–Kier alpha value is -4.74. The Labute approximate surface area is 233 Å². The Morgan fingerprint density at radius 2 is 1.71 bits per heavy atom. The quantitative estimate of drug-likeness (QED) is 0.376. The highest BCUT2D eigenvalue weighted by atomic mass is 19.4. The molecule has 1 aliphatic heterocycles. The number of hydrogen-bond donors (Lipinski definition) is 1. The van der Waals surface area contributed by atoms with Gasteiger partial charge in [-0.1, -0.05) is 30.3 Å². The predicted molar refractivity (Wildman–Crippen MR) is 143 cm³/mol. The number of imidazole rings is 1. The first-order chi connectivity index (χ1) is 19.6. The Morgan fingerprint density at radius 3 is 2.37 bits per heavy atom. The SMILES string of the molecule is CN(Cc1ccccn1)C(=O)c1nc(C2CCCN(C(=O)c3ccccc3)C2)n2ccccc12.O=C(O)C(F)(F)F. The molecule has 4 aromatic rings. The minimum atomic E-state index is -5.08. The Morgan fingerprint density at radius 1 is 1.02 bits per heavy atom. The van der Waals surface area contributed by atoms with Crippen molar-refractivity contribution in [1.29, 1.82) is 0 Å². The molecule has 0 radical (unpaired) electrons. The molecule has 41 heavy (non-hydrogen) atoms. The first-order valence-electron chi connectivity index (χ1n) is 12.8. The summed E-state index contributed by atoms with van der Waals surface area (Å²) in [4.78, 5) is 48.1. The van der Waals surface area contributed by atoms with Crippen molar-refractivity contribution in [2.24, 2.45) is 0 Å². The van der Waals surface area contributed by atoms with Crippen molar-refractivity contribution in [2.75, 3.05) is 20.1 Å². The maximum Gasteiger partial charge on any atom is 0.490 e. The Balaban J connectivity index is 0.000000493. The van der Waals surface area contributed by atoms with Crippen molar-refractivity contribution in [3.8, 4) is 0 Å². The first-order valence-corrected chi connectivity index (χ1v) is 12.8. The highest BCUT2D eigenvalue weighted by molar-refractivity contribution is 5.99. The fourth-order valence-corrected chi connectivity index (χ4v) is 4.63. The van der Waals surface area contributed by atoms with E-state index in [1.54, 1.807) is 18.1 Å². The number of alkyl halides is 3. The zero-order valence-corrected chi connectivity index (χ0v) is 22.2. The molecule has 4 heterocycles. The lowest BCUT2D eigenvalue weighted by Gasteiger charge is -2.32. The van der Waals surface area contributed by atoms with Crippen LogP contribution in [0.25, 0.3) is 5.52 Å². The van der Waals surface area contributed by atoms with Gasteiger partial charge in [0.25, 0.3) is 11.8 Å². The van der Waals surface area contributed by atoms with Crippen LogP contribution >= 0.6 is 0 Å². The summed E-state index contributed by atoms with van der Waals surface area (Å²) in [5, 5.41) is 7.12. The van der Waals surface area contributed by atoms with Gasteiger partial charge in [-0.3, -0.25) is 14.6 Å². The fraction of sp³-hybridized carbons (Fsp3) is 0.276. The molecule has 1 atom stereocenters. The number of benzene rings is 1. The number of aromatic nitrogens is 3. The van der Waals surface area contributed by atoms with Gasteiger partial charge in [0.1, 0.15) is 5.82 Å². The van der Waals surface area contributed by atoms with Crippen LogP contribution < -0.4 is 0 Å². The topological polar surface area (TPSA) is 108 Å². The normalized spacial score (nSPS) is 15.1. The molecular formula is C29H28F3N5O4. The van der Waals surface area contributed by atoms with Crippen molar-refractivity contribution >= 4 is 23.3 Å². The van der Waals surface area contributed by atoms with Crippen molar-refractivity contribution in [1.82, 2.24) is 24.2 Å². The molecule has 0 saturated carbocycles. The van der Waals surface area contributed by atoms with Crippen LogP contribution in [0.4, 0.5) is 13.2 Å². The van der Waals surface area contributed by atoms with E-state index in [-0.39, 0.29) is 17.7 Å². The average molecular weight is 568 g/mol. The number of fused-ring (bicyclic) bond motifs is 1. The highest BCUT2D eigenvalue weighted by Gasteiger charge is 2.38. The summed E-state index contributed by atoms with van der Waals surface area (Å²) in [5.41, 5.74) is 2.73. The molecule has 214 valence electrons. The van der Waals surface area contributed by atoms with E-state index in [1.165, 1.54) is 0 Å². The summed E-state index contributed by atoms with van der Waals surface area (Å²) in [6, 6.07) is 20.8.